The van der Waals surface area contributed by atoms with Crippen LogP contribution in [0.1, 0.15) is 45.0 Å². The summed E-state index contributed by atoms with van der Waals surface area (Å²) in [5.41, 5.74) is 1.66. The Morgan fingerprint density at radius 3 is 2.78 bits per heavy atom. The second-order valence-electron chi connectivity index (χ2n) is 6.77. The molecule has 1 aliphatic rings. The number of carbonyl (C=O) groups is 1. The Bertz CT molecular complexity index is 710. The second-order valence-corrected chi connectivity index (χ2v) is 7.80. The Morgan fingerprint density at radius 2 is 2.04 bits per heavy atom. The lowest BCUT2D eigenvalue weighted by atomic mass is 10.1. The highest BCUT2D eigenvalue weighted by Crippen LogP contribution is 2.31. The van der Waals surface area contributed by atoms with Gasteiger partial charge in [0.2, 0.25) is 0 Å². The fourth-order valence-corrected chi connectivity index (χ4v) is 3.55. The molecular formula is C18H22N2O2S. The topological polar surface area (TPSA) is 42.4 Å². The smallest absolute Gasteiger partial charge is 0.414 e. The lowest BCUT2D eigenvalue weighted by Gasteiger charge is -2.24. The van der Waals surface area contributed by atoms with E-state index in [1.807, 2.05) is 45.2 Å². The first-order valence-electron chi connectivity index (χ1n) is 7.99. The summed E-state index contributed by atoms with van der Waals surface area (Å²) in [4.78, 5) is 18.8. The van der Waals surface area contributed by atoms with Crippen LogP contribution in [0.15, 0.2) is 30.5 Å². The fraction of sp³-hybridized carbons (Fsp3) is 0.444. The summed E-state index contributed by atoms with van der Waals surface area (Å²) < 4.78 is 6.68. The molecule has 0 bridgehead atoms. The average Bonchev–Trinajstić information content (AvgIpc) is 2.74. The second kappa shape index (κ2) is 6.32. The maximum Gasteiger partial charge on any atom is 0.414 e. The molecule has 2 heterocycles. The van der Waals surface area contributed by atoms with Crippen LogP contribution in [0.4, 0.5) is 4.79 Å². The molecule has 2 aromatic rings. The summed E-state index contributed by atoms with van der Waals surface area (Å²) in [6.45, 7) is 6.37. The van der Waals surface area contributed by atoms with Gasteiger partial charge in [0, 0.05) is 18.3 Å². The van der Waals surface area contributed by atoms with Crippen LogP contribution in [-0.2, 0) is 4.74 Å². The summed E-state index contributed by atoms with van der Waals surface area (Å²) in [7, 11) is 0. The van der Waals surface area contributed by atoms with Crippen LogP contribution in [0.3, 0.4) is 0 Å². The number of fused-ring (bicyclic) bond motifs is 1. The molecule has 0 atom stereocenters. The number of nitrogens with zero attached hydrogens (tertiary/aromatic N) is 2. The molecule has 1 aromatic heterocycles. The van der Waals surface area contributed by atoms with E-state index in [0.717, 1.165) is 35.4 Å². The number of thiazole rings is 1. The highest BCUT2D eigenvalue weighted by atomic mass is 32.1. The number of aromatic nitrogens is 1. The number of hydrogen-bond acceptors (Lipinski definition) is 4. The Hall–Kier alpha value is -1.88. The van der Waals surface area contributed by atoms with Crippen LogP contribution in [0.5, 0.6) is 0 Å². The zero-order chi connectivity index (χ0) is 16.4. The van der Waals surface area contributed by atoms with E-state index in [1.165, 1.54) is 4.70 Å². The third-order valence-electron chi connectivity index (χ3n) is 3.60. The third kappa shape index (κ3) is 3.91. The number of carbonyl (C=O) groups excluding carboxylic acids is 1. The lowest BCUT2D eigenvalue weighted by molar-refractivity contribution is 0.0336. The minimum absolute atomic E-state index is 0.280. The molecule has 5 heteroatoms. The molecule has 0 radical (unpaired) electrons. The molecule has 1 amide bonds. The van der Waals surface area contributed by atoms with Crippen molar-refractivity contribution in [1.29, 1.82) is 0 Å². The van der Waals surface area contributed by atoms with Crippen molar-refractivity contribution >= 4 is 33.2 Å². The zero-order valence-electron chi connectivity index (χ0n) is 13.8. The lowest BCUT2D eigenvalue weighted by Crippen LogP contribution is -2.33. The Labute approximate surface area is 140 Å². The summed E-state index contributed by atoms with van der Waals surface area (Å²) >= 11 is 1.68. The van der Waals surface area contributed by atoms with Crippen molar-refractivity contribution in [3.05, 3.63) is 35.5 Å². The van der Waals surface area contributed by atoms with Crippen LogP contribution in [-0.4, -0.2) is 28.1 Å². The molecule has 0 N–H and O–H groups in total. The average molecular weight is 330 g/mol. The molecular weight excluding hydrogens is 308 g/mol. The van der Waals surface area contributed by atoms with E-state index in [0.29, 0.717) is 6.54 Å². The molecule has 23 heavy (non-hydrogen) atoms. The van der Waals surface area contributed by atoms with Gasteiger partial charge in [-0.1, -0.05) is 12.1 Å². The highest BCUT2D eigenvalue weighted by molar-refractivity contribution is 7.19. The van der Waals surface area contributed by atoms with Crippen LogP contribution in [0.25, 0.3) is 15.8 Å². The largest absolute Gasteiger partial charge is 0.443 e. The van der Waals surface area contributed by atoms with Crippen molar-refractivity contribution < 1.29 is 9.53 Å². The number of ether oxygens (including phenoxy) is 1. The number of hydrogen-bond donors (Lipinski definition) is 0. The molecule has 0 saturated carbocycles. The van der Waals surface area contributed by atoms with Gasteiger partial charge in [0.25, 0.3) is 0 Å². The number of benzene rings is 1. The van der Waals surface area contributed by atoms with E-state index < -0.39 is 5.60 Å². The van der Waals surface area contributed by atoms with Crippen LogP contribution >= 0.6 is 11.3 Å². The Kier molecular flexibility index (Phi) is 4.39. The summed E-state index contributed by atoms with van der Waals surface area (Å²) in [5.74, 6) is 0. The third-order valence-corrected chi connectivity index (χ3v) is 4.72. The maximum atomic E-state index is 12.4. The first-order valence-corrected chi connectivity index (χ1v) is 8.80. The van der Waals surface area contributed by atoms with Gasteiger partial charge in [-0.2, -0.15) is 0 Å². The Balaban J connectivity index is 1.88. The molecule has 0 spiro atoms. The molecule has 0 saturated heterocycles. The van der Waals surface area contributed by atoms with Gasteiger partial charge >= 0.3 is 6.09 Å². The van der Waals surface area contributed by atoms with Gasteiger partial charge < -0.3 is 4.74 Å². The van der Waals surface area contributed by atoms with Crippen molar-refractivity contribution in [2.75, 3.05) is 6.54 Å². The minimum atomic E-state index is -0.479. The Morgan fingerprint density at radius 1 is 1.26 bits per heavy atom. The van der Waals surface area contributed by atoms with Crippen LogP contribution in [0, 0.1) is 0 Å². The van der Waals surface area contributed by atoms with Gasteiger partial charge in [0.05, 0.1) is 10.2 Å². The molecule has 1 aromatic carbocycles. The molecule has 0 unspecified atom stereocenters. The number of allylic oxidation sites excluding steroid dienone is 1. The molecule has 4 nitrogen and oxygen atoms in total. The van der Waals surface area contributed by atoms with Gasteiger partial charge in [0.15, 0.2) is 0 Å². The van der Waals surface area contributed by atoms with Gasteiger partial charge in [-0.05, 0) is 52.2 Å². The van der Waals surface area contributed by atoms with Crippen molar-refractivity contribution in [2.45, 2.75) is 45.6 Å². The first kappa shape index (κ1) is 16.0. The standard InChI is InChI=1S/C18H22N2O2S/c1-18(2,3)22-17(21)20-11-7-6-8-13(12-20)16-19-14-9-4-5-10-15(14)23-16/h4-5,9-10,12H,6-8,11H2,1-3H3. The predicted molar refractivity (Wildman–Crippen MR) is 94.4 cm³/mol. The number of amides is 1. The molecule has 122 valence electrons. The van der Waals surface area contributed by atoms with Crippen LogP contribution < -0.4 is 0 Å². The quantitative estimate of drug-likeness (QED) is 0.734. The van der Waals surface area contributed by atoms with E-state index in [2.05, 4.69) is 6.07 Å². The van der Waals surface area contributed by atoms with E-state index in [4.69, 9.17) is 9.72 Å². The summed E-state index contributed by atoms with van der Waals surface area (Å²) in [6.07, 6.45) is 4.63. The van der Waals surface area contributed by atoms with Crippen molar-refractivity contribution in [3.63, 3.8) is 0 Å². The molecule has 0 aliphatic carbocycles. The SMILES string of the molecule is CC(C)(C)OC(=O)N1C=C(c2nc3ccccc3s2)CCCC1. The first-order chi connectivity index (χ1) is 10.9. The molecule has 0 fully saturated rings. The zero-order valence-corrected chi connectivity index (χ0v) is 14.7. The van der Waals surface area contributed by atoms with Crippen molar-refractivity contribution in [2.24, 2.45) is 0 Å². The molecule has 1 aliphatic heterocycles. The van der Waals surface area contributed by atoms with E-state index in [9.17, 15) is 4.79 Å². The summed E-state index contributed by atoms with van der Waals surface area (Å²) in [5, 5.41) is 1.00. The normalized spacial score (nSPS) is 16.1. The maximum absolute atomic E-state index is 12.4. The number of para-hydroxylation sites is 1. The monoisotopic (exact) mass is 330 g/mol. The van der Waals surface area contributed by atoms with E-state index >= 15 is 0 Å². The van der Waals surface area contributed by atoms with Gasteiger partial charge in [-0.25, -0.2) is 9.78 Å². The van der Waals surface area contributed by atoms with Crippen molar-refractivity contribution in [3.8, 4) is 0 Å². The highest BCUT2D eigenvalue weighted by Gasteiger charge is 2.23. The molecule has 3 rings (SSSR count). The fourth-order valence-electron chi connectivity index (χ4n) is 2.55. The van der Waals surface area contributed by atoms with Gasteiger partial charge in [-0.15, -0.1) is 11.3 Å². The van der Waals surface area contributed by atoms with Gasteiger partial charge in [-0.3, -0.25) is 4.90 Å². The summed E-state index contributed by atoms with van der Waals surface area (Å²) in [6, 6.07) is 8.14. The predicted octanol–water partition coefficient (Wildman–Crippen LogP) is 5.06. The van der Waals surface area contributed by atoms with Crippen LogP contribution in [0.2, 0.25) is 0 Å². The van der Waals surface area contributed by atoms with Crippen molar-refractivity contribution in [1.82, 2.24) is 9.88 Å². The minimum Gasteiger partial charge on any atom is -0.443 e. The van der Waals surface area contributed by atoms with E-state index in [-0.39, 0.29) is 6.09 Å². The van der Waals surface area contributed by atoms with Gasteiger partial charge in [0.1, 0.15) is 10.6 Å². The number of rotatable bonds is 1. The van der Waals surface area contributed by atoms with E-state index in [1.54, 1.807) is 16.2 Å².